The molecule has 0 fully saturated rings. The smallest absolute Gasteiger partial charge is 0.168 e. The maximum Gasteiger partial charge on any atom is 0.168 e. The van der Waals surface area contributed by atoms with Gasteiger partial charge in [-0.2, -0.15) is 5.10 Å². The number of halogens is 1. The number of nitrogens with one attached hydrogen (secondary N) is 1. The van der Waals surface area contributed by atoms with E-state index in [4.69, 9.17) is 4.74 Å². The Hall–Kier alpha value is -3.48. The number of para-hydroxylation sites is 1. The molecule has 136 valence electrons. The maximum atomic E-state index is 13.2. The number of anilines is 1. The summed E-state index contributed by atoms with van der Waals surface area (Å²) >= 11 is 0. The highest BCUT2D eigenvalue weighted by atomic mass is 19.1. The van der Waals surface area contributed by atoms with Crippen molar-refractivity contribution < 1.29 is 9.13 Å². The zero-order valence-corrected chi connectivity index (χ0v) is 14.9. The normalized spacial score (nSPS) is 12.1. The van der Waals surface area contributed by atoms with Crippen LogP contribution in [0.5, 0.6) is 5.75 Å². The number of nitrogens with zero attached hydrogens (tertiary/aromatic N) is 4. The third-order valence-electron chi connectivity index (χ3n) is 4.40. The van der Waals surface area contributed by atoms with Crippen LogP contribution in [0.25, 0.3) is 16.7 Å². The number of ether oxygens (including phenoxy) is 1. The van der Waals surface area contributed by atoms with E-state index in [0.29, 0.717) is 11.5 Å². The number of hydrogen-bond acceptors (Lipinski definition) is 5. The van der Waals surface area contributed by atoms with Crippen LogP contribution in [0.4, 0.5) is 10.2 Å². The average Bonchev–Trinajstić information content (AvgIpc) is 3.13. The molecule has 0 bridgehead atoms. The first-order valence-corrected chi connectivity index (χ1v) is 8.51. The highest BCUT2D eigenvalue weighted by Crippen LogP contribution is 2.29. The summed E-state index contributed by atoms with van der Waals surface area (Å²) in [6.07, 6.45) is 3.19. The average molecular weight is 363 g/mol. The van der Waals surface area contributed by atoms with E-state index in [0.717, 1.165) is 22.4 Å². The summed E-state index contributed by atoms with van der Waals surface area (Å²) < 4.78 is 20.3. The minimum atomic E-state index is -0.294. The van der Waals surface area contributed by atoms with Gasteiger partial charge in [0.15, 0.2) is 5.65 Å². The van der Waals surface area contributed by atoms with Gasteiger partial charge in [0.05, 0.1) is 30.4 Å². The van der Waals surface area contributed by atoms with Gasteiger partial charge in [-0.05, 0) is 37.3 Å². The van der Waals surface area contributed by atoms with Crippen LogP contribution in [0.2, 0.25) is 0 Å². The largest absolute Gasteiger partial charge is 0.496 e. The summed E-state index contributed by atoms with van der Waals surface area (Å²) in [5, 5.41) is 8.58. The molecule has 2 heterocycles. The summed E-state index contributed by atoms with van der Waals surface area (Å²) in [5.41, 5.74) is 2.40. The monoisotopic (exact) mass is 363 g/mol. The fourth-order valence-corrected chi connectivity index (χ4v) is 3.04. The predicted molar refractivity (Wildman–Crippen MR) is 102 cm³/mol. The van der Waals surface area contributed by atoms with Crippen LogP contribution in [0.15, 0.2) is 61.1 Å². The van der Waals surface area contributed by atoms with Gasteiger partial charge in [-0.3, -0.25) is 0 Å². The Morgan fingerprint density at radius 2 is 1.85 bits per heavy atom. The fourth-order valence-electron chi connectivity index (χ4n) is 3.04. The van der Waals surface area contributed by atoms with Gasteiger partial charge in [0.2, 0.25) is 0 Å². The van der Waals surface area contributed by atoms with Crippen molar-refractivity contribution in [3.05, 3.63) is 72.4 Å². The van der Waals surface area contributed by atoms with Crippen molar-refractivity contribution in [2.75, 3.05) is 12.4 Å². The molecule has 2 aromatic carbocycles. The van der Waals surface area contributed by atoms with Crippen molar-refractivity contribution in [3.8, 4) is 11.4 Å². The number of rotatable bonds is 5. The minimum Gasteiger partial charge on any atom is -0.496 e. The van der Waals surface area contributed by atoms with E-state index in [1.807, 2.05) is 31.2 Å². The molecule has 0 aliphatic heterocycles. The molecule has 0 spiro atoms. The fraction of sp³-hybridized carbons (Fsp3) is 0.150. The first-order chi connectivity index (χ1) is 13.2. The summed E-state index contributed by atoms with van der Waals surface area (Å²) in [5.74, 6) is 1.19. The maximum absolute atomic E-state index is 13.2. The Morgan fingerprint density at radius 1 is 1.07 bits per heavy atom. The molecule has 1 atom stereocenters. The second-order valence-electron chi connectivity index (χ2n) is 6.10. The van der Waals surface area contributed by atoms with Crippen LogP contribution in [-0.2, 0) is 0 Å². The highest BCUT2D eigenvalue weighted by molar-refractivity contribution is 5.87. The molecule has 0 unspecified atom stereocenters. The Bertz CT molecular complexity index is 1080. The molecule has 1 N–H and O–H groups in total. The van der Waals surface area contributed by atoms with Gasteiger partial charge in [-0.15, -0.1) is 0 Å². The Kier molecular flexibility index (Phi) is 4.42. The first-order valence-electron chi connectivity index (χ1n) is 8.51. The molecule has 7 heteroatoms. The van der Waals surface area contributed by atoms with Crippen molar-refractivity contribution >= 4 is 16.9 Å². The van der Waals surface area contributed by atoms with E-state index in [9.17, 15) is 4.39 Å². The quantitative estimate of drug-likeness (QED) is 0.577. The van der Waals surface area contributed by atoms with E-state index in [-0.39, 0.29) is 11.9 Å². The van der Waals surface area contributed by atoms with Crippen molar-refractivity contribution in [3.63, 3.8) is 0 Å². The molecular weight excluding hydrogens is 345 g/mol. The molecule has 0 aliphatic carbocycles. The molecule has 0 saturated carbocycles. The topological polar surface area (TPSA) is 64.9 Å². The molecule has 0 amide bonds. The Labute approximate surface area is 155 Å². The minimum absolute atomic E-state index is 0.0339. The van der Waals surface area contributed by atoms with E-state index in [1.54, 1.807) is 30.1 Å². The van der Waals surface area contributed by atoms with Crippen molar-refractivity contribution in [2.24, 2.45) is 0 Å². The zero-order chi connectivity index (χ0) is 18.8. The molecule has 6 nitrogen and oxygen atoms in total. The van der Waals surface area contributed by atoms with Gasteiger partial charge < -0.3 is 10.1 Å². The lowest BCUT2D eigenvalue weighted by molar-refractivity contribution is 0.408. The molecule has 0 radical (unpaired) electrons. The van der Waals surface area contributed by atoms with E-state index < -0.39 is 0 Å². The Balaban J connectivity index is 1.70. The molecule has 27 heavy (non-hydrogen) atoms. The summed E-state index contributed by atoms with van der Waals surface area (Å²) in [6, 6.07) is 13.9. The van der Waals surface area contributed by atoms with Crippen LogP contribution < -0.4 is 10.1 Å². The van der Waals surface area contributed by atoms with E-state index in [2.05, 4.69) is 20.4 Å². The van der Waals surface area contributed by atoms with E-state index >= 15 is 0 Å². The van der Waals surface area contributed by atoms with Crippen LogP contribution >= 0.6 is 0 Å². The Morgan fingerprint density at radius 3 is 2.63 bits per heavy atom. The van der Waals surface area contributed by atoms with Crippen LogP contribution in [-0.4, -0.2) is 26.9 Å². The van der Waals surface area contributed by atoms with Crippen molar-refractivity contribution in [1.29, 1.82) is 0 Å². The van der Waals surface area contributed by atoms with Gasteiger partial charge in [-0.1, -0.05) is 18.2 Å². The predicted octanol–water partition coefficient (Wildman–Crippen LogP) is 4.14. The summed E-state index contributed by atoms with van der Waals surface area (Å²) in [4.78, 5) is 8.72. The first kappa shape index (κ1) is 17.0. The van der Waals surface area contributed by atoms with Crippen LogP contribution in [0.1, 0.15) is 18.5 Å². The summed E-state index contributed by atoms with van der Waals surface area (Å²) in [7, 11) is 1.65. The molecule has 0 saturated heterocycles. The second kappa shape index (κ2) is 7.03. The van der Waals surface area contributed by atoms with Gasteiger partial charge in [0.1, 0.15) is 23.7 Å². The molecular formula is C20H18FN5O. The van der Waals surface area contributed by atoms with Gasteiger partial charge in [-0.25, -0.2) is 19.0 Å². The van der Waals surface area contributed by atoms with Crippen molar-refractivity contribution in [2.45, 2.75) is 13.0 Å². The van der Waals surface area contributed by atoms with Crippen molar-refractivity contribution in [1.82, 2.24) is 19.7 Å². The SMILES string of the molecule is COc1ccccc1[C@H](C)Nc1ncnc2c1cnn2-c1ccc(F)cc1. The number of aromatic nitrogens is 4. The highest BCUT2D eigenvalue weighted by Gasteiger charge is 2.15. The van der Waals surface area contributed by atoms with Gasteiger partial charge in [0, 0.05) is 5.56 Å². The number of fused-ring (bicyclic) bond motifs is 1. The summed E-state index contributed by atoms with van der Waals surface area (Å²) in [6.45, 7) is 2.04. The lowest BCUT2D eigenvalue weighted by Gasteiger charge is -2.18. The molecule has 4 rings (SSSR count). The standard InChI is InChI=1S/C20H18FN5O/c1-13(16-5-3-4-6-18(16)27-2)25-19-17-11-24-26(20(17)23-12-22-19)15-9-7-14(21)8-10-15/h3-13H,1-2H3,(H,22,23,25)/t13-/m0/s1. The zero-order valence-electron chi connectivity index (χ0n) is 14.9. The number of benzene rings is 2. The van der Waals surface area contributed by atoms with Gasteiger partial charge >= 0.3 is 0 Å². The van der Waals surface area contributed by atoms with E-state index in [1.165, 1.54) is 18.5 Å². The third-order valence-corrected chi connectivity index (χ3v) is 4.40. The van der Waals surface area contributed by atoms with Crippen LogP contribution in [0, 0.1) is 5.82 Å². The van der Waals surface area contributed by atoms with Gasteiger partial charge in [0.25, 0.3) is 0 Å². The molecule has 4 aromatic rings. The number of methoxy groups -OCH3 is 1. The number of hydrogen-bond donors (Lipinski definition) is 1. The molecule has 2 aromatic heterocycles. The second-order valence-corrected chi connectivity index (χ2v) is 6.10. The lowest BCUT2D eigenvalue weighted by Crippen LogP contribution is -2.10. The lowest BCUT2D eigenvalue weighted by atomic mass is 10.1. The molecule has 0 aliphatic rings. The third kappa shape index (κ3) is 3.19. The van der Waals surface area contributed by atoms with Crippen LogP contribution in [0.3, 0.4) is 0 Å².